The fraction of sp³-hybridized carbons (Fsp3) is 0. The molecule has 0 radical (unpaired) electrons. The first-order valence-corrected chi connectivity index (χ1v) is 8.71. The highest BCUT2D eigenvalue weighted by Crippen LogP contribution is 2.15. The first kappa shape index (κ1) is 19.5. The molecule has 0 fully saturated rings. The van der Waals surface area contributed by atoms with Crippen molar-refractivity contribution >= 4 is 35.0 Å². The number of non-ortho nitro benzene ring substituents is 1. The Bertz CT molecular complexity index is 1060. The number of carbonyl (C=O) groups excluding carboxylic acids is 2. The monoisotopic (exact) mass is 387 g/mol. The van der Waals surface area contributed by atoms with E-state index in [1.807, 2.05) is 18.2 Å². The molecule has 0 unspecified atom stereocenters. The smallest absolute Gasteiger partial charge is 0.270 e. The number of para-hydroxylation sites is 1. The summed E-state index contributed by atoms with van der Waals surface area (Å²) >= 11 is 0. The van der Waals surface area contributed by atoms with Crippen LogP contribution in [0.3, 0.4) is 0 Å². The number of nitrogens with zero attached hydrogens (tertiary/aromatic N) is 1. The van der Waals surface area contributed by atoms with Gasteiger partial charge in [0, 0.05) is 35.1 Å². The van der Waals surface area contributed by atoms with Crippen LogP contribution >= 0.6 is 0 Å². The topological polar surface area (TPSA) is 101 Å². The van der Waals surface area contributed by atoms with E-state index in [-0.39, 0.29) is 11.6 Å². The van der Waals surface area contributed by atoms with E-state index in [9.17, 15) is 19.7 Å². The van der Waals surface area contributed by atoms with E-state index in [4.69, 9.17) is 0 Å². The average molecular weight is 387 g/mol. The van der Waals surface area contributed by atoms with Crippen LogP contribution in [-0.4, -0.2) is 16.7 Å². The predicted molar refractivity (Wildman–Crippen MR) is 112 cm³/mol. The SMILES string of the molecule is O=C(/C=C/c1cccc([N+](=O)[O-])c1)Nc1ccc(C(=O)Nc2ccccc2)cc1. The highest BCUT2D eigenvalue weighted by molar-refractivity contribution is 6.05. The van der Waals surface area contributed by atoms with E-state index < -0.39 is 10.8 Å². The van der Waals surface area contributed by atoms with Gasteiger partial charge >= 0.3 is 0 Å². The van der Waals surface area contributed by atoms with Gasteiger partial charge in [0.15, 0.2) is 0 Å². The standard InChI is InChI=1S/C22H17N3O4/c26-21(14-9-16-5-4-8-20(15-16)25(28)29)23-19-12-10-17(11-13-19)22(27)24-18-6-2-1-3-7-18/h1-15H,(H,23,26)(H,24,27)/b14-9+. The summed E-state index contributed by atoms with van der Waals surface area (Å²) in [5, 5.41) is 16.2. The number of rotatable bonds is 6. The molecule has 7 heteroatoms. The molecule has 0 spiro atoms. The van der Waals surface area contributed by atoms with E-state index in [2.05, 4.69) is 10.6 Å². The second-order valence-corrected chi connectivity index (χ2v) is 6.07. The largest absolute Gasteiger partial charge is 0.323 e. The molecule has 0 aliphatic carbocycles. The maximum absolute atomic E-state index is 12.2. The van der Waals surface area contributed by atoms with Crippen LogP contribution < -0.4 is 10.6 Å². The highest BCUT2D eigenvalue weighted by atomic mass is 16.6. The number of amides is 2. The Balaban J connectivity index is 1.59. The number of nitrogens with one attached hydrogen (secondary N) is 2. The van der Waals surface area contributed by atoms with Crippen LogP contribution in [-0.2, 0) is 4.79 Å². The Labute approximate surface area is 166 Å². The van der Waals surface area contributed by atoms with Crippen molar-refractivity contribution in [2.45, 2.75) is 0 Å². The Morgan fingerprint density at radius 2 is 1.52 bits per heavy atom. The number of carbonyl (C=O) groups is 2. The van der Waals surface area contributed by atoms with Gasteiger partial charge in [0.2, 0.25) is 5.91 Å². The lowest BCUT2D eigenvalue weighted by molar-refractivity contribution is -0.384. The zero-order valence-electron chi connectivity index (χ0n) is 15.2. The van der Waals surface area contributed by atoms with Crippen molar-refractivity contribution < 1.29 is 14.5 Å². The number of nitro benzene ring substituents is 1. The Morgan fingerprint density at radius 1 is 0.828 bits per heavy atom. The van der Waals surface area contributed by atoms with E-state index in [0.29, 0.717) is 22.5 Å². The van der Waals surface area contributed by atoms with Gasteiger partial charge in [-0.15, -0.1) is 0 Å². The van der Waals surface area contributed by atoms with Gasteiger partial charge in [0.1, 0.15) is 0 Å². The summed E-state index contributed by atoms with van der Waals surface area (Å²) in [6.07, 6.45) is 2.78. The van der Waals surface area contributed by atoms with Gasteiger partial charge in [-0.3, -0.25) is 19.7 Å². The van der Waals surface area contributed by atoms with Gasteiger partial charge in [0.05, 0.1) is 4.92 Å². The number of hydrogen-bond donors (Lipinski definition) is 2. The number of nitro groups is 1. The van der Waals surface area contributed by atoms with E-state index >= 15 is 0 Å². The van der Waals surface area contributed by atoms with Crippen LogP contribution in [0, 0.1) is 10.1 Å². The zero-order valence-corrected chi connectivity index (χ0v) is 15.2. The van der Waals surface area contributed by atoms with Crippen LogP contribution in [0.15, 0.2) is 84.9 Å². The lowest BCUT2D eigenvalue weighted by Crippen LogP contribution is -2.12. The highest BCUT2D eigenvalue weighted by Gasteiger charge is 2.07. The molecule has 3 aromatic rings. The summed E-state index contributed by atoms with van der Waals surface area (Å²) in [6.45, 7) is 0. The van der Waals surface area contributed by atoms with Crippen LogP contribution in [0.1, 0.15) is 15.9 Å². The summed E-state index contributed by atoms with van der Waals surface area (Å²) in [7, 11) is 0. The molecule has 2 amide bonds. The number of benzene rings is 3. The lowest BCUT2D eigenvalue weighted by atomic mass is 10.1. The predicted octanol–water partition coefficient (Wildman–Crippen LogP) is 4.50. The molecule has 3 rings (SSSR count). The van der Waals surface area contributed by atoms with Crippen molar-refractivity contribution in [2.24, 2.45) is 0 Å². The van der Waals surface area contributed by atoms with Crippen LogP contribution in [0.2, 0.25) is 0 Å². The van der Waals surface area contributed by atoms with Gasteiger partial charge in [-0.25, -0.2) is 0 Å². The maximum atomic E-state index is 12.2. The van der Waals surface area contributed by atoms with E-state index in [1.165, 1.54) is 24.3 Å². The first-order valence-electron chi connectivity index (χ1n) is 8.71. The van der Waals surface area contributed by atoms with Crippen LogP contribution in [0.25, 0.3) is 6.08 Å². The summed E-state index contributed by atoms with van der Waals surface area (Å²) in [5.74, 6) is -0.641. The van der Waals surface area contributed by atoms with Gasteiger partial charge in [0.25, 0.3) is 11.6 Å². The van der Waals surface area contributed by atoms with Crippen molar-refractivity contribution in [3.63, 3.8) is 0 Å². The summed E-state index contributed by atoms with van der Waals surface area (Å²) < 4.78 is 0. The third-order valence-electron chi connectivity index (χ3n) is 3.95. The molecule has 0 aliphatic rings. The van der Waals surface area contributed by atoms with Crippen molar-refractivity contribution in [3.8, 4) is 0 Å². The van der Waals surface area contributed by atoms with Gasteiger partial charge < -0.3 is 10.6 Å². The summed E-state index contributed by atoms with van der Waals surface area (Å²) in [5.41, 5.74) is 2.18. The number of anilines is 2. The average Bonchev–Trinajstić information content (AvgIpc) is 2.73. The van der Waals surface area contributed by atoms with Crippen molar-refractivity contribution in [2.75, 3.05) is 10.6 Å². The zero-order chi connectivity index (χ0) is 20.6. The molecule has 0 saturated heterocycles. The third kappa shape index (κ3) is 5.61. The molecule has 2 N–H and O–H groups in total. The molecule has 0 atom stereocenters. The molecule has 0 aliphatic heterocycles. The fourth-order valence-electron chi connectivity index (χ4n) is 2.53. The van der Waals surface area contributed by atoms with E-state index in [1.54, 1.807) is 48.5 Å². The Kier molecular flexibility index (Phi) is 6.12. The molecular weight excluding hydrogens is 370 g/mol. The quantitative estimate of drug-likeness (QED) is 0.369. The minimum atomic E-state index is -0.493. The van der Waals surface area contributed by atoms with Crippen molar-refractivity contribution in [1.29, 1.82) is 0 Å². The first-order chi connectivity index (χ1) is 14.0. The van der Waals surface area contributed by atoms with Gasteiger partial charge in [-0.05, 0) is 48.0 Å². The van der Waals surface area contributed by atoms with Crippen molar-refractivity contribution in [1.82, 2.24) is 0 Å². The molecule has 0 saturated carbocycles. The Morgan fingerprint density at radius 3 is 2.21 bits per heavy atom. The van der Waals surface area contributed by atoms with Crippen LogP contribution in [0.4, 0.5) is 17.1 Å². The molecule has 29 heavy (non-hydrogen) atoms. The number of hydrogen-bond acceptors (Lipinski definition) is 4. The third-order valence-corrected chi connectivity index (χ3v) is 3.95. The molecule has 0 heterocycles. The summed E-state index contributed by atoms with van der Waals surface area (Å²) in [6, 6.07) is 21.5. The normalized spacial score (nSPS) is 10.5. The molecule has 144 valence electrons. The maximum Gasteiger partial charge on any atom is 0.270 e. The second kappa shape index (κ2) is 9.09. The second-order valence-electron chi connectivity index (χ2n) is 6.07. The molecular formula is C22H17N3O4. The minimum absolute atomic E-state index is 0.0445. The Hall–Kier alpha value is -4.26. The molecule has 3 aromatic carbocycles. The van der Waals surface area contributed by atoms with Gasteiger partial charge in [-0.1, -0.05) is 30.3 Å². The summed E-state index contributed by atoms with van der Waals surface area (Å²) in [4.78, 5) is 34.6. The molecule has 0 aromatic heterocycles. The minimum Gasteiger partial charge on any atom is -0.323 e. The molecule has 0 bridgehead atoms. The van der Waals surface area contributed by atoms with Gasteiger partial charge in [-0.2, -0.15) is 0 Å². The van der Waals surface area contributed by atoms with Crippen LogP contribution in [0.5, 0.6) is 0 Å². The fourth-order valence-corrected chi connectivity index (χ4v) is 2.53. The van der Waals surface area contributed by atoms with E-state index in [0.717, 1.165) is 0 Å². The molecule has 7 nitrogen and oxygen atoms in total. The van der Waals surface area contributed by atoms with Crippen molar-refractivity contribution in [3.05, 3.63) is 106 Å². The lowest BCUT2D eigenvalue weighted by Gasteiger charge is -2.06.